The summed E-state index contributed by atoms with van der Waals surface area (Å²) < 4.78 is 4.56. The van der Waals surface area contributed by atoms with Gasteiger partial charge in [-0.2, -0.15) is 9.13 Å². The maximum Gasteiger partial charge on any atom is 0.356 e. The fraction of sp³-hybridized carbons (Fsp3) is 0.296. The Morgan fingerprint density at radius 2 is 2.00 bits per heavy atom. The fourth-order valence-electron chi connectivity index (χ4n) is 3.67. The smallest absolute Gasteiger partial charge is 0.190 e. The largest absolute Gasteiger partial charge is 0.356 e. The molecule has 0 N–H and O–H groups in total. The van der Waals surface area contributed by atoms with Crippen LogP contribution in [0.3, 0.4) is 0 Å². The summed E-state index contributed by atoms with van der Waals surface area (Å²) in [5.74, 6) is 0. The van der Waals surface area contributed by atoms with Crippen LogP contribution in [-0.4, -0.2) is 7.05 Å². The lowest BCUT2D eigenvalue weighted by Gasteiger charge is -2.09. The van der Waals surface area contributed by atoms with E-state index >= 15 is 0 Å². The van der Waals surface area contributed by atoms with Crippen LogP contribution in [0.2, 0.25) is 0 Å². The molecule has 0 saturated carbocycles. The zero-order valence-corrected chi connectivity index (χ0v) is 18.3. The summed E-state index contributed by atoms with van der Waals surface area (Å²) in [6.07, 6.45) is 20.9. The first-order chi connectivity index (χ1) is 14.7. The molecule has 152 valence electrons. The Morgan fingerprint density at radius 1 is 1.17 bits per heavy atom. The van der Waals surface area contributed by atoms with E-state index in [0.717, 1.165) is 25.8 Å². The maximum atomic E-state index is 4.28. The van der Waals surface area contributed by atoms with Gasteiger partial charge in [0.1, 0.15) is 0 Å². The van der Waals surface area contributed by atoms with Gasteiger partial charge < -0.3 is 0 Å². The molecule has 3 heteroatoms. The fourth-order valence-corrected chi connectivity index (χ4v) is 3.67. The van der Waals surface area contributed by atoms with Crippen molar-refractivity contribution in [1.82, 2.24) is 0 Å². The number of aromatic nitrogens is 2. The molecule has 2 aromatic heterocycles. The quantitative estimate of drug-likeness (QED) is 0.427. The molecule has 1 aliphatic carbocycles. The molecule has 1 atom stereocenters. The second kappa shape index (κ2) is 11.1. The highest BCUT2D eigenvalue weighted by molar-refractivity contribution is 5.70. The SMILES string of the molecule is CCC=CC(C)=Cc1cccc[n+]1CC(C#[N+]C)[n+]1ccccc1C1=CCCC=C1. The number of pyridine rings is 2. The summed E-state index contributed by atoms with van der Waals surface area (Å²) in [5, 5.41) is 0. The predicted molar refractivity (Wildman–Crippen MR) is 125 cm³/mol. The van der Waals surface area contributed by atoms with E-state index in [2.05, 4.69) is 119 Å². The average Bonchev–Trinajstić information content (AvgIpc) is 2.79. The molecule has 0 aromatic carbocycles. The zero-order valence-electron chi connectivity index (χ0n) is 18.3. The molecule has 1 unspecified atom stereocenters. The Morgan fingerprint density at radius 3 is 2.77 bits per heavy atom. The van der Waals surface area contributed by atoms with Crippen LogP contribution in [0.15, 0.2) is 84.7 Å². The minimum atomic E-state index is -0.00605. The molecule has 0 bridgehead atoms. The van der Waals surface area contributed by atoms with Crippen molar-refractivity contribution in [1.29, 1.82) is 0 Å². The average molecular weight is 399 g/mol. The van der Waals surface area contributed by atoms with Crippen LogP contribution >= 0.6 is 0 Å². The Hall–Kier alpha value is -3.25. The van der Waals surface area contributed by atoms with Crippen molar-refractivity contribution in [2.75, 3.05) is 7.05 Å². The minimum absolute atomic E-state index is 0.00605. The molecule has 0 saturated heterocycles. The van der Waals surface area contributed by atoms with Crippen LogP contribution in [0.5, 0.6) is 0 Å². The van der Waals surface area contributed by atoms with Crippen molar-refractivity contribution in [3.05, 3.63) is 101 Å². The molecule has 0 aliphatic heterocycles. The van der Waals surface area contributed by atoms with Crippen LogP contribution in [0, 0.1) is 6.07 Å². The van der Waals surface area contributed by atoms with Crippen LogP contribution in [0.4, 0.5) is 0 Å². The number of hydrogen-bond donors (Lipinski definition) is 0. The van der Waals surface area contributed by atoms with Crippen LogP contribution in [-0.2, 0) is 6.54 Å². The van der Waals surface area contributed by atoms with Gasteiger partial charge in [-0.3, -0.25) is 0 Å². The van der Waals surface area contributed by atoms with Gasteiger partial charge >= 0.3 is 12.1 Å². The van der Waals surface area contributed by atoms with E-state index in [1.165, 1.54) is 22.5 Å². The van der Waals surface area contributed by atoms with Gasteiger partial charge in [-0.1, -0.05) is 42.1 Å². The van der Waals surface area contributed by atoms with E-state index in [1.807, 2.05) is 0 Å². The van der Waals surface area contributed by atoms with Crippen molar-refractivity contribution in [3.8, 4) is 6.07 Å². The monoisotopic (exact) mass is 398 g/mol. The first kappa shape index (κ1) is 21.5. The second-order valence-corrected chi connectivity index (χ2v) is 7.48. The lowest BCUT2D eigenvalue weighted by atomic mass is 10.0. The summed E-state index contributed by atoms with van der Waals surface area (Å²) >= 11 is 0. The number of rotatable bonds is 7. The molecule has 0 amide bonds. The maximum absolute atomic E-state index is 4.28. The Balaban J connectivity index is 1.97. The molecule has 0 spiro atoms. The van der Waals surface area contributed by atoms with Crippen molar-refractivity contribution in [3.63, 3.8) is 0 Å². The third-order valence-electron chi connectivity index (χ3n) is 5.13. The summed E-state index contributed by atoms with van der Waals surface area (Å²) in [7, 11) is 1.80. The number of allylic oxidation sites excluding steroid dienone is 7. The van der Waals surface area contributed by atoms with Gasteiger partial charge in [-0.15, -0.1) is 0 Å². The van der Waals surface area contributed by atoms with Gasteiger partial charge in [0, 0.05) is 35.9 Å². The molecule has 0 fully saturated rings. The second-order valence-electron chi connectivity index (χ2n) is 7.48. The van der Waals surface area contributed by atoms with E-state index in [1.54, 1.807) is 7.05 Å². The molecule has 0 radical (unpaired) electrons. The summed E-state index contributed by atoms with van der Waals surface area (Å²) in [4.78, 5) is 4.28. The molecule has 3 nitrogen and oxygen atoms in total. The van der Waals surface area contributed by atoms with E-state index in [0.29, 0.717) is 0 Å². The Labute approximate surface area is 180 Å². The predicted octanol–water partition coefficient (Wildman–Crippen LogP) is 5.57. The Kier molecular flexibility index (Phi) is 7.92. The van der Waals surface area contributed by atoms with Gasteiger partial charge in [0.15, 0.2) is 12.4 Å². The van der Waals surface area contributed by atoms with Gasteiger partial charge in [0.25, 0.3) is 7.05 Å². The normalized spacial score (nSPS) is 14.9. The van der Waals surface area contributed by atoms with E-state index in [9.17, 15) is 0 Å². The van der Waals surface area contributed by atoms with Gasteiger partial charge in [0.05, 0.1) is 0 Å². The lowest BCUT2D eigenvalue weighted by molar-refractivity contribution is -0.789. The highest BCUT2D eigenvalue weighted by Gasteiger charge is 2.31. The van der Waals surface area contributed by atoms with Gasteiger partial charge in [-0.05, 0) is 43.9 Å². The zero-order chi connectivity index (χ0) is 21.2. The minimum Gasteiger partial charge on any atom is -0.190 e. The van der Waals surface area contributed by atoms with Gasteiger partial charge in [-0.25, -0.2) is 0 Å². The topological polar surface area (TPSA) is 12.1 Å². The van der Waals surface area contributed by atoms with Crippen molar-refractivity contribution >= 4 is 11.6 Å². The van der Waals surface area contributed by atoms with Crippen molar-refractivity contribution < 1.29 is 9.13 Å². The molecular weight excluding hydrogens is 366 g/mol. The van der Waals surface area contributed by atoms with Crippen molar-refractivity contribution in [2.24, 2.45) is 0 Å². The van der Waals surface area contributed by atoms with E-state index < -0.39 is 0 Å². The third kappa shape index (κ3) is 5.64. The first-order valence-electron chi connectivity index (χ1n) is 10.8. The third-order valence-corrected chi connectivity index (χ3v) is 5.13. The highest BCUT2D eigenvalue weighted by Crippen LogP contribution is 2.19. The van der Waals surface area contributed by atoms with Crippen molar-refractivity contribution in [2.45, 2.75) is 45.7 Å². The van der Waals surface area contributed by atoms with Gasteiger partial charge in [0.2, 0.25) is 17.9 Å². The molecule has 1 aliphatic rings. The van der Waals surface area contributed by atoms with E-state index in [4.69, 9.17) is 0 Å². The van der Waals surface area contributed by atoms with Crippen LogP contribution in [0.25, 0.3) is 16.5 Å². The lowest BCUT2D eigenvalue weighted by Crippen LogP contribution is -2.51. The van der Waals surface area contributed by atoms with E-state index in [-0.39, 0.29) is 6.04 Å². The summed E-state index contributed by atoms with van der Waals surface area (Å²) in [6, 6.07) is 16.0. The molecule has 2 aromatic rings. The summed E-state index contributed by atoms with van der Waals surface area (Å²) in [6.45, 7) is 5.06. The molecule has 3 rings (SSSR count). The number of hydrogen-bond acceptors (Lipinski definition) is 0. The summed E-state index contributed by atoms with van der Waals surface area (Å²) in [5.41, 5.74) is 4.88. The number of nitrogens with zero attached hydrogens (tertiary/aromatic N) is 3. The van der Waals surface area contributed by atoms with Crippen LogP contribution in [0.1, 0.15) is 50.5 Å². The Bertz CT molecular complexity index is 1050. The molecular formula is C27H32N3+3. The standard InChI is InChI=1S/C27H32N3/c1-4-5-13-23(2)20-25-16-9-11-18-29(25)22-26(21-28-3)30-19-12-10-17-27(30)24-14-7-6-8-15-24/h5,7,9-20,26H,4,6,8,22H2,1-3H3/q+3. The highest BCUT2D eigenvalue weighted by atomic mass is 15.1. The van der Waals surface area contributed by atoms with Crippen LogP contribution < -0.4 is 9.13 Å². The molecule has 30 heavy (non-hydrogen) atoms. The first-order valence-corrected chi connectivity index (χ1v) is 10.8. The molecule has 2 heterocycles.